The summed E-state index contributed by atoms with van der Waals surface area (Å²) in [5.41, 5.74) is 16.5. The van der Waals surface area contributed by atoms with Crippen molar-refractivity contribution < 1.29 is 28.9 Å². The first-order valence-corrected chi connectivity index (χ1v) is 25.9. The van der Waals surface area contributed by atoms with Gasteiger partial charge in [-0.05, 0) is 84.4 Å². The number of nitrogens with zero attached hydrogens (tertiary/aromatic N) is 2. The number of fused-ring (bicyclic) bond motifs is 3. The van der Waals surface area contributed by atoms with E-state index in [1.165, 1.54) is 56.3 Å². The average molecular weight is 1050 g/mol. The van der Waals surface area contributed by atoms with Crippen LogP contribution in [0.15, 0.2) is 156 Å². The Kier molecular flexibility index (Phi) is 14.1. The summed E-state index contributed by atoms with van der Waals surface area (Å²) in [6, 6.07) is 54.1. The zero-order valence-corrected chi connectivity index (χ0v) is 42.5. The van der Waals surface area contributed by atoms with Gasteiger partial charge in [0.1, 0.15) is 5.58 Å². The standard InChI is InChI=1S/C45H42NO.C14H15FNSi.Ir/c1-28(2)39-25-33(30-19-21-34(22-20-30)45(5,6)7)26-40(29(3)4)42(39)32-23-24-46-41(27-32)38-18-12-17-37-36-16-11-15-35(43(36)47-44(37)38)31-13-9-8-10-14-31;1-17(2,3)13-8-9-14(16-10-13)11-4-6-12(15)7-5-11;/h8-17,19-29H,1-7H3;4,6-10H,1-3H3;/q2*-1;. The van der Waals surface area contributed by atoms with Gasteiger partial charge in [-0.1, -0.05) is 182 Å². The van der Waals surface area contributed by atoms with Gasteiger partial charge in [0.25, 0.3) is 0 Å². The molecule has 0 aliphatic heterocycles. The Labute approximate surface area is 399 Å². The van der Waals surface area contributed by atoms with E-state index in [9.17, 15) is 4.39 Å². The van der Waals surface area contributed by atoms with Gasteiger partial charge in [0.2, 0.25) is 0 Å². The van der Waals surface area contributed by atoms with Gasteiger partial charge < -0.3 is 14.4 Å². The quantitative estimate of drug-likeness (QED) is 0.112. The molecular formula is C59H57FIrN2OSi-2. The average Bonchev–Trinajstić information content (AvgIpc) is 3.68. The molecule has 331 valence electrons. The maximum absolute atomic E-state index is 12.8. The van der Waals surface area contributed by atoms with E-state index in [1.54, 1.807) is 6.07 Å². The van der Waals surface area contributed by atoms with Crippen molar-refractivity contribution in [3.8, 4) is 55.9 Å². The van der Waals surface area contributed by atoms with Crippen LogP contribution in [0, 0.1) is 17.9 Å². The molecule has 0 saturated carbocycles. The number of hydrogen-bond acceptors (Lipinski definition) is 3. The van der Waals surface area contributed by atoms with Crippen LogP contribution in [0.5, 0.6) is 0 Å². The second-order valence-electron chi connectivity index (χ2n) is 19.4. The molecule has 0 unspecified atom stereocenters. The summed E-state index contributed by atoms with van der Waals surface area (Å²) in [4.78, 5) is 9.31. The van der Waals surface area contributed by atoms with Crippen LogP contribution >= 0.6 is 0 Å². The third-order valence-corrected chi connectivity index (χ3v) is 14.1. The Morgan fingerprint density at radius 3 is 1.91 bits per heavy atom. The summed E-state index contributed by atoms with van der Waals surface area (Å²) < 4.78 is 19.5. The summed E-state index contributed by atoms with van der Waals surface area (Å²) in [7, 11) is -1.30. The van der Waals surface area contributed by atoms with Crippen molar-refractivity contribution in [1.82, 2.24) is 9.97 Å². The van der Waals surface area contributed by atoms with E-state index in [0.717, 1.165) is 55.6 Å². The number of benzene rings is 6. The summed E-state index contributed by atoms with van der Waals surface area (Å²) >= 11 is 0. The number of hydrogen-bond donors (Lipinski definition) is 0. The molecule has 9 rings (SSSR count). The van der Waals surface area contributed by atoms with E-state index in [2.05, 4.69) is 188 Å². The number of aromatic nitrogens is 2. The topological polar surface area (TPSA) is 38.9 Å². The normalized spacial score (nSPS) is 11.8. The Balaban J connectivity index is 0.000000295. The van der Waals surface area contributed by atoms with E-state index >= 15 is 0 Å². The fourth-order valence-electron chi connectivity index (χ4n) is 8.34. The Hall–Kier alpha value is -5.78. The third-order valence-electron chi connectivity index (χ3n) is 12.1. The smallest absolute Gasteiger partial charge is 0.128 e. The molecule has 0 atom stereocenters. The van der Waals surface area contributed by atoms with Crippen molar-refractivity contribution >= 4 is 35.2 Å². The van der Waals surface area contributed by atoms with Crippen LogP contribution in [0.3, 0.4) is 0 Å². The summed E-state index contributed by atoms with van der Waals surface area (Å²) in [6.45, 7) is 22.8. The van der Waals surface area contributed by atoms with Crippen LogP contribution in [0.2, 0.25) is 19.6 Å². The maximum atomic E-state index is 12.8. The molecule has 3 heterocycles. The molecule has 1 radical (unpaired) electrons. The van der Waals surface area contributed by atoms with Crippen LogP contribution < -0.4 is 5.19 Å². The summed E-state index contributed by atoms with van der Waals surface area (Å²) in [5.74, 6) is 0.414. The zero-order chi connectivity index (χ0) is 45.3. The molecule has 0 N–H and O–H groups in total. The van der Waals surface area contributed by atoms with Gasteiger partial charge >= 0.3 is 0 Å². The molecule has 3 aromatic heterocycles. The van der Waals surface area contributed by atoms with Crippen molar-refractivity contribution in [1.29, 1.82) is 0 Å². The van der Waals surface area contributed by atoms with Gasteiger partial charge in [-0.3, -0.25) is 4.39 Å². The monoisotopic (exact) mass is 1050 g/mol. The number of para-hydroxylation sites is 1. The first-order valence-electron chi connectivity index (χ1n) is 22.4. The number of halogens is 1. The molecular weight excluding hydrogens is 992 g/mol. The second kappa shape index (κ2) is 19.4. The molecule has 0 bridgehead atoms. The van der Waals surface area contributed by atoms with E-state index in [-0.39, 0.29) is 31.3 Å². The molecule has 0 fully saturated rings. The van der Waals surface area contributed by atoms with Crippen LogP contribution in [0.1, 0.15) is 77.0 Å². The largest absolute Gasteiger partial charge is 0.500 e. The summed E-state index contributed by atoms with van der Waals surface area (Å²) in [5, 5.41) is 3.50. The minimum atomic E-state index is -1.30. The fraction of sp³-hybridized carbons (Fsp3) is 0.220. The van der Waals surface area contributed by atoms with Gasteiger partial charge in [0.15, 0.2) is 0 Å². The zero-order valence-electron chi connectivity index (χ0n) is 39.1. The van der Waals surface area contributed by atoms with Crippen molar-refractivity contribution in [2.45, 2.75) is 85.4 Å². The molecule has 3 nitrogen and oxygen atoms in total. The number of pyridine rings is 2. The van der Waals surface area contributed by atoms with Crippen LogP contribution in [-0.2, 0) is 25.5 Å². The van der Waals surface area contributed by atoms with Crippen molar-refractivity contribution in [3.63, 3.8) is 0 Å². The van der Waals surface area contributed by atoms with Crippen molar-refractivity contribution in [3.05, 3.63) is 187 Å². The molecule has 6 heteroatoms. The predicted molar refractivity (Wildman–Crippen MR) is 270 cm³/mol. The molecule has 0 amide bonds. The van der Waals surface area contributed by atoms with E-state index in [4.69, 9.17) is 9.40 Å². The van der Waals surface area contributed by atoms with Crippen LogP contribution in [0.25, 0.3) is 77.8 Å². The number of furan rings is 1. The van der Waals surface area contributed by atoms with Crippen LogP contribution in [-0.4, -0.2) is 18.0 Å². The minimum Gasteiger partial charge on any atom is -0.500 e. The molecule has 0 aliphatic rings. The first-order chi connectivity index (χ1) is 30.6. The van der Waals surface area contributed by atoms with Gasteiger partial charge in [0.05, 0.1) is 13.7 Å². The Bertz CT molecular complexity index is 3020. The number of rotatable bonds is 8. The maximum Gasteiger partial charge on any atom is 0.128 e. The van der Waals surface area contributed by atoms with Crippen LogP contribution in [0.4, 0.5) is 4.39 Å². The molecule has 0 spiro atoms. The second-order valence-corrected chi connectivity index (χ2v) is 24.5. The molecule has 65 heavy (non-hydrogen) atoms. The first kappa shape index (κ1) is 47.2. The van der Waals surface area contributed by atoms with E-state index in [0.29, 0.717) is 11.8 Å². The molecule has 0 aliphatic carbocycles. The predicted octanol–water partition coefficient (Wildman–Crippen LogP) is 16.2. The Morgan fingerprint density at radius 2 is 1.31 bits per heavy atom. The van der Waals surface area contributed by atoms with Gasteiger partial charge in [0, 0.05) is 49.3 Å². The van der Waals surface area contributed by atoms with Crippen molar-refractivity contribution in [2.75, 3.05) is 0 Å². The van der Waals surface area contributed by atoms with Gasteiger partial charge in [-0.15, -0.1) is 48.0 Å². The van der Waals surface area contributed by atoms with Gasteiger partial charge in [-0.25, -0.2) is 0 Å². The molecule has 6 aromatic carbocycles. The van der Waals surface area contributed by atoms with E-state index < -0.39 is 8.07 Å². The SMILES string of the molecule is CC(C)c1cc(-c2ccc(C(C)(C)C)cc2)cc(C(C)C)c1-c1ccnc(-c2[c-]ccc3c2oc2c(-c4ccccc4)cccc23)c1.C[Si](C)(C)c1ccc(-c2[c-]cc(F)cc2)nc1.[Ir]. The molecule has 0 saturated heterocycles. The summed E-state index contributed by atoms with van der Waals surface area (Å²) in [6.07, 6.45) is 3.86. The fourth-order valence-corrected chi connectivity index (χ4v) is 9.38. The minimum absolute atomic E-state index is 0. The molecule has 9 aromatic rings. The third kappa shape index (κ3) is 10.2. The Morgan fingerprint density at radius 1 is 0.615 bits per heavy atom. The van der Waals surface area contributed by atoms with Gasteiger partial charge in [-0.2, -0.15) is 0 Å². The van der Waals surface area contributed by atoms with E-state index in [1.807, 2.05) is 30.6 Å². The van der Waals surface area contributed by atoms with Crippen molar-refractivity contribution in [2.24, 2.45) is 0 Å².